The summed E-state index contributed by atoms with van der Waals surface area (Å²) in [6, 6.07) is 5.78. The van der Waals surface area contributed by atoms with E-state index in [0.717, 1.165) is 30.6 Å². The number of imide groups is 1. The minimum Gasteiger partial charge on any atom is -0.327 e. The Morgan fingerprint density at radius 3 is 2.69 bits per heavy atom. The number of hydrogen-bond donors (Lipinski definition) is 2. The van der Waals surface area contributed by atoms with Crippen molar-refractivity contribution in [2.75, 3.05) is 6.54 Å². The van der Waals surface area contributed by atoms with Gasteiger partial charge in [0.25, 0.3) is 5.91 Å². The van der Waals surface area contributed by atoms with Crippen LogP contribution in [0.4, 0.5) is 0 Å². The topological polar surface area (TPSA) is 95.7 Å². The average Bonchev–Trinajstić information content (AvgIpc) is 2.97. The summed E-state index contributed by atoms with van der Waals surface area (Å²) in [4.78, 5) is 40.8. The average molecular weight is 396 g/mol. The molecular formula is C22H28N4O3. The lowest BCUT2D eigenvalue weighted by molar-refractivity contribution is -0.136. The van der Waals surface area contributed by atoms with Gasteiger partial charge in [-0.25, -0.2) is 0 Å². The Kier molecular flexibility index (Phi) is 4.47. The fourth-order valence-corrected chi connectivity index (χ4v) is 5.48. The van der Waals surface area contributed by atoms with Crippen LogP contribution in [0.1, 0.15) is 66.4 Å². The van der Waals surface area contributed by atoms with Crippen LogP contribution < -0.4 is 11.1 Å². The van der Waals surface area contributed by atoms with Crippen LogP contribution in [0, 0.1) is 0 Å². The molecular weight excluding hydrogens is 368 g/mol. The number of amides is 3. The third-order valence-electron chi connectivity index (χ3n) is 7.36. The molecule has 3 N–H and O–H groups in total. The van der Waals surface area contributed by atoms with Crippen LogP contribution in [0.25, 0.3) is 0 Å². The maximum absolute atomic E-state index is 13.0. The van der Waals surface area contributed by atoms with Crippen molar-refractivity contribution < 1.29 is 14.4 Å². The smallest absolute Gasteiger partial charge is 0.255 e. The van der Waals surface area contributed by atoms with E-state index in [1.54, 1.807) is 4.90 Å². The van der Waals surface area contributed by atoms with Gasteiger partial charge in [-0.05, 0) is 55.7 Å². The second-order valence-electron chi connectivity index (χ2n) is 9.15. The maximum atomic E-state index is 13.0. The van der Waals surface area contributed by atoms with Crippen LogP contribution >= 0.6 is 0 Å². The largest absolute Gasteiger partial charge is 0.327 e. The minimum atomic E-state index is -0.561. The first-order valence-corrected chi connectivity index (χ1v) is 10.7. The van der Waals surface area contributed by atoms with Crippen LogP contribution in [0.15, 0.2) is 18.2 Å². The van der Waals surface area contributed by atoms with E-state index in [1.165, 1.54) is 25.7 Å². The molecule has 1 aromatic carbocycles. The summed E-state index contributed by atoms with van der Waals surface area (Å²) in [6.07, 6.45) is 6.71. The van der Waals surface area contributed by atoms with Crippen molar-refractivity contribution in [3.8, 4) is 0 Å². The lowest BCUT2D eigenvalue weighted by atomic mass is 9.69. The number of carbonyl (C=O) groups is 3. The molecule has 1 aromatic rings. The highest BCUT2D eigenvalue weighted by Gasteiger charge is 2.45. The van der Waals surface area contributed by atoms with Crippen molar-refractivity contribution in [2.45, 2.75) is 75.7 Å². The van der Waals surface area contributed by atoms with Gasteiger partial charge in [-0.15, -0.1) is 0 Å². The van der Waals surface area contributed by atoms with E-state index in [9.17, 15) is 14.4 Å². The van der Waals surface area contributed by atoms with Crippen molar-refractivity contribution in [1.82, 2.24) is 15.1 Å². The van der Waals surface area contributed by atoms with Crippen LogP contribution in [0.3, 0.4) is 0 Å². The quantitative estimate of drug-likeness (QED) is 0.751. The first kappa shape index (κ1) is 18.8. The van der Waals surface area contributed by atoms with Crippen molar-refractivity contribution in [3.05, 3.63) is 34.9 Å². The number of rotatable bonds is 3. The number of likely N-dealkylation sites (tertiary alicyclic amines) is 1. The second kappa shape index (κ2) is 6.92. The van der Waals surface area contributed by atoms with Crippen LogP contribution in [-0.4, -0.2) is 51.7 Å². The Labute approximate surface area is 170 Å². The van der Waals surface area contributed by atoms with Gasteiger partial charge >= 0.3 is 0 Å². The summed E-state index contributed by atoms with van der Waals surface area (Å²) in [7, 11) is 0. The molecule has 3 heterocycles. The third kappa shape index (κ3) is 3.16. The van der Waals surface area contributed by atoms with E-state index in [4.69, 9.17) is 5.73 Å². The first-order chi connectivity index (χ1) is 13.9. The lowest BCUT2D eigenvalue weighted by Gasteiger charge is -2.54. The molecule has 2 unspecified atom stereocenters. The molecule has 1 saturated carbocycles. The summed E-state index contributed by atoms with van der Waals surface area (Å²) in [6.45, 7) is 2.15. The van der Waals surface area contributed by atoms with Crippen molar-refractivity contribution in [3.63, 3.8) is 0 Å². The summed E-state index contributed by atoms with van der Waals surface area (Å²) >= 11 is 0. The molecule has 5 rings (SSSR count). The zero-order valence-electron chi connectivity index (χ0n) is 16.7. The van der Waals surface area contributed by atoms with Gasteiger partial charge in [-0.2, -0.15) is 0 Å². The van der Waals surface area contributed by atoms with Crippen LogP contribution in [-0.2, 0) is 22.7 Å². The highest BCUT2D eigenvalue weighted by atomic mass is 16.2. The number of piperidine rings is 2. The summed E-state index contributed by atoms with van der Waals surface area (Å²) < 4.78 is 0. The molecule has 2 atom stereocenters. The standard InChI is InChI=1S/C22H28N4O3/c23-16-6-9-22(7-1-8-22)25(13-16)11-14-2-3-15-12-26(21(29)17(15)10-14)18-4-5-19(27)24-20(18)28/h2-3,10,16,18H,1,4-9,11-13,23H2,(H,24,27,28). The molecule has 3 amide bonds. The van der Waals surface area contributed by atoms with E-state index >= 15 is 0 Å². The molecule has 0 aromatic heterocycles. The van der Waals surface area contributed by atoms with Gasteiger partial charge in [0.15, 0.2) is 0 Å². The summed E-state index contributed by atoms with van der Waals surface area (Å²) in [5.74, 6) is -0.732. The number of fused-ring (bicyclic) bond motifs is 1. The lowest BCUT2D eigenvalue weighted by Crippen LogP contribution is -2.60. The molecule has 7 heteroatoms. The monoisotopic (exact) mass is 396 g/mol. The van der Waals surface area contributed by atoms with E-state index in [1.807, 2.05) is 12.1 Å². The zero-order valence-corrected chi connectivity index (χ0v) is 16.7. The van der Waals surface area contributed by atoms with Gasteiger partial charge in [0.2, 0.25) is 11.8 Å². The minimum absolute atomic E-state index is 0.106. The highest BCUT2D eigenvalue weighted by molar-refractivity contribution is 6.05. The van der Waals surface area contributed by atoms with Gasteiger partial charge in [-0.3, -0.25) is 24.6 Å². The van der Waals surface area contributed by atoms with Gasteiger partial charge in [0.05, 0.1) is 0 Å². The second-order valence-corrected chi connectivity index (χ2v) is 9.15. The molecule has 154 valence electrons. The Morgan fingerprint density at radius 1 is 1.14 bits per heavy atom. The summed E-state index contributed by atoms with van der Waals surface area (Å²) in [5, 5.41) is 2.35. The molecule has 1 spiro atoms. The third-order valence-corrected chi connectivity index (χ3v) is 7.36. The number of hydrogen-bond acceptors (Lipinski definition) is 5. The molecule has 2 saturated heterocycles. The first-order valence-electron chi connectivity index (χ1n) is 10.7. The predicted molar refractivity (Wildman–Crippen MR) is 107 cm³/mol. The Balaban J connectivity index is 1.34. The van der Waals surface area contributed by atoms with Crippen LogP contribution in [0.2, 0.25) is 0 Å². The van der Waals surface area contributed by atoms with E-state index in [-0.39, 0.29) is 30.2 Å². The number of nitrogens with two attached hydrogens (primary N) is 1. The molecule has 0 bridgehead atoms. The van der Waals surface area contributed by atoms with Crippen molar-refractivity contribution >= 4 is 17.7 Å². The van der Waals surface area contributed by atoms with Gasteiger partial charge < -0.3 is 10.6 Å². The van der Waals surface area contributed by atoms with E-state index < -0.39 is 6.04 Å². The number of carbonyl (C=O) groups excluding carboxylic acids is 3. The fourth-order valence-electron chi connectivity index (χ4n) is 5.48. The number of nitrogens with one attached hydrogen (secondary N) is 1. The molecule has 7 nitrogen and oxygen atoms in total. The van der Waals surface area contributed by atoms with Crippen LogP contribution in [0.5, 0.6) is 0 Å². The number of benzene rings is 1. The molecule has 3 fully saturated rings. The molecule has 0 radical (unpaired) electrons. The normalized spacial score (nSPS) is 29.0. The van der Waals surface area contributed by atoms with Crippen molar-refractivity contribution in [1.29, 1.82) is 0 Å². The van der Waals surface area contributed by atoms with Gasteiger partial charge in [-0.1, -0.05) is 12.1 Å². The summed E-state index contributed by atoms with van der Waals surface area (Å²) in [5.41, 5.74) is 9.33. The molecule has 1 aliphatic carbocycles. The molecule has 4 aliphatic rings. The maximum Gasteiger partial charge on any atom is 0.255 e. The predicted octanol–water partition coefficient (Wildman–Crippen LogP) is 1.29. The highest BCUT2D eigenvalue weighted by Crippen LogP contribution is 2.45. The van der Waals surface area contributed by atoms with Crippen molar-refractivity contribution in [2.24, 2.45) is 5.73 Å². The van der Waals surface area contributed by atoms with E-state index in [0.29, 0.717) is 24.1 Å². The fraction of sp³-hybridized carbons (Fsp3) is 0.591. The zero-order chi connectivity index (χ0) is 20.2. The van der Waals surface area contributed by atoms with E-state index in [2.05, 4.69) is 16.3 Å². The Morgan fingerprint density at radius 2 is 1.97 bits per heavy atom. The van der Waals surface area contributed by atoms with Gasteiger partial charge in [0.1, 0.15) is 6.04 Å². The Bertz CT molecular complexity index is 879. The molecule has 3 aliphatic heterocycles. The number of nitrogens with zero attached hydrogens (tertiary/aromatic N) is 2. The SMILES string of the molecule is NC1CCC2(CCC2)N(Cc2ccc3c(c2)C(=O)N(C2CCC(=O)NC2=O)C3)C1. The Hall–Kier alpha value is -2.25. The molecule has 29 heavy (non-hydrogen) atoms. The van der Waals surface area contributed by atoms with Gasteiger partial charge in [0, 0.05) is 43.2 Å².